The molecule has 5 heteroatoms. The summed E-state index contributed by atoms with van der Waals surface area (Å²) >= 11 is 6.29. The Labute approximate surface area is 121 Å². The van der Waals surface area contributed by atoms with Gasteiger partial charge in [0, 0.05) is 29.5 Å². The zero-order chi connectivity index (χ0) is 13.7. The Balaban J connectivity index is 1.56. The number of halogens is 1. The molecule has 1 saturated heterocycles. The second-order valence-electron chi connectivity index (χ2n) is 5.54. The van der Waals surface area contributed by atoms with Gasteiger partial charge in [-0.25, -0.2) is 0 Å². The molecule has 1 aromatic carbocycles. The predicted octanol–water partition coefficient (Wildman–Crippen LogP) is 2.73. The van der Waals surface area contributed by atoms with Crippen molar-refractivity contribution in [3.63, 3.8) is 0 Å². The third-order valence-electron chi connectivity index (χ3n) is 4.45. The van der Waals surface area contributed by atoms with Crippen molar-refractivity contribution >= 4 is 28.4 Å². The summed E-state index contributed by atoms with van der Waals surface area (Å²) in [6.45, 7) is 0.814. The van der Waals surface area contributed by atoms with Gasteiger partial charge >= 0.3 is 0 Å². The van der Waals surface area contributed by atoms with E-state index in [0.29, 0.717) is 22.7 Å². The van der Waals surface area contributed by atoms with E-state index in [1.54, 1.807) is 0 Å². The summed E-state index contributed by atoms with van der Waals surface area (Å²) in [5.41, 5.74) is 1.34. The quantitative estimate of drug-likeness (QED) is 0.893. The van der Waals surface area contributed by atoms with Crippen LogP contribution in [0.2, 0.25) is 5.02 Å². The lowest BCUT2D eigenvalue weighted by molar-refractivity contribution is 0.00804. The Morgan fingerprint density at radius 1 is 1.40 bits per heavy atom. The summed E-state index contributed by atoms with van der Waals surface area (Å²) in [6, 6.07) is 7.88. The molecule has 3 atom stereocenters. The molecule has 1 aromatic heterocycles. The van der Waals surface area contributed by atoms with Gasteiger partial charge in [0.05, 0.1) is 11.1 Å². The van der Waals surface area contributed by atoms with Crippen LogP contribution in [0.25, 0.3) is 10.9 Å². The molecule has 0 spiro atoms. The molecule has 104 valence electrons. The van der Waals surface area contributed by atoms with Crippen LogP contribution in [0.1, 0.15) is 23.3 Å². The largest absolute Gasteiger partial charge is 0.378 e. The molecule has 1 aliphatic carbocycles. The van der Waals surface area contributed by atoms with Crippen LogP contribution >= 0.6 is 11.6 Å². The normalized spacial score (nSPS) is 28.1. The Kier molecular flexibility index (Phi) is 2.75. The third kappa shape index (κ3) is 1.75. The van der Waals surface area contributed by atoms with Gasteiger partial charge in [-0.2, -0.15) is 0 Å². The first-order valence-corrected chi connectivity index (χ1v) is 7.30. The molecule has 1 aliphatic heterocycles. The van der Waals surface area contributed by atoms with Gasteiger partial charge in [-0.1, -0.05) is 29.8 Å². The van der Waals surface area contributed by atoms with Crippen molar-refractivity contribution in [2.75, 3.05) is 6.61 Å². The van der Waals surface area contributed by atoms with E-state index in [0.717, 1.165) is 30.4 Å². The number of carbonyl (C=O) groups excluding carboxylic acids is 1. The monoisotopic (exact) mass is 290 g/mol. The van der Waals surface area contributed by atoms with Crippen molar-refractivity contribution in [2.24, 2.45) is 5.92 Å². The first kappa shape index (κ1) is 12.2. The van der Waals surface area contributed by atoms with Crippen LogP contribution < -0.4 is 5.32 Å². The summed E-state index contributed by atoms with van der Waals surface area (Å²) in [7, 11) is 0. The molecule has 2 fully saturated rings. The molecule has 4 rings (SSSR count). The number of hydrogen-bond acceptors (Lipinski definition) is 2. The molecule has 4 nitrogen and oxygen atoms in total. The number of amides is 1. The number of hydrogen-bond donors (Lipinski definition) is 2. The summed E-state index contributed by atoms with van der Waals surface area (Å²) in [5, 5.41) is 4.45. The van der Waals surface area contributed by atoms with Gasteiger partial charge in [-0.3, -0.25) is 4.79 Å². The van der Waals surface area contributed by atoms with E-state index in [1.165, 1.54) is 0 Å². The molecule has 0 unspecified atom stereocenters. The highest BCUT2D eigenvalue weighted by Crippen LogP contribution is 2.39. The summed E-state index contributed by atoms with van der Waals surface area (Å²) in [5.74, 6) is 0.351. The number of aromatic amines is 1. The number of carbonyl (C=O) groups is 1. The maximum Gasteiger partial charge on any atom is 0.269 e. The lowest BCUT2D eigenvalue weighted by Gasteiger charge is -2.39. The molecule has 2 N–H and O–H groups in total. The number of benzene rings is 1. The number of aromatic nitrogens is 1. The first-order chi connectivity index (χ1) is 9.74. The van der Waals surface area contributed by atoms with Gasteiger partial charge in [0.1, 0.15) is 5.69 Å². The molecule has 0 bridgehead atoms. The van der Waals surface area contributed by atoms with E-state index in [-0.39, 0.29) is 11.9 Å². The standard InChI is InChI=1S/C15H15ClN2O2/c16-13-9-3-1-2-4-10(9)17-14(13)15(19)18-11-7-12-8(11)5-6-20-12/h1-4,8,11-12,17H,5-7H2,(H,18,19)/t8-,11+,12+/m1/s1. The van der Waals surface area contributed by atoms with Crippen molar-refractivity contribution in [1.82, 2.24) is 10.3 Å². The van der Waals surface area contributed by atoms with Gasteiger partial charge in [0.2, 0.25) is 0 Å². The molecule has 1 amide bonds. The van der Waals surface area contributed by atoms with Crippen molar-refractivity contribution < 1.29 is 9.53 Å². The van der Waals surface area contributed by atoms with Crippen LogP contribution in [0.4, 0.5) is 0 Å². The first-order valence-electron chi connectivity index (χ1n) is 6.92. The average molecular weight is 291 g/mol. The molecule has 20 heavy (non-hydrogen) atoms. The lowest BCUT2D eigenvalue weighted by atomic mass is 9.76. The fourth-order valence-electron chi connectivity index (χ4n) is 3.27. The molecule has 1 saturated carbocycles. The SMILES string of the molecule is O=C(N[C@H]1C[C@@H]2OCC[C@H]12)c1[nH]c2ccccc2c1Cl. The van der Waals surface area contributed by atoms with Gasteiger partial charge in [-0.15, -0.1) is 0 Å². The summed E-state index contributed by atoms with van der Waals surface area (Å²) in [6.07, 6.45) is 2.29. The Morgan fingerprint density at radius 3 is 3.05 bits per heavy atom. The minimum Gasteiger partial charge on any atom is -0.378 e. The van der Waals surface area contributed by atoms with E-state index in [2.05, 4.69) is 10.3 Å². The number of para-hydroxylation sites is 1. The molecule has 2 heterocycles. The maximum atomic E-state index is 12.4. The van der Waals surface area contributed by atoms with E-state index in [1.807, 2.05) is 24.3 Å². The van der Waals surface area contributed by atoms with Crippen molar-refractivity contribution in [3.8, 4) is 0 Å². The van der Waals surface area contributed by atoms with Gasteiger partial charge in [0.15, 0.2) is 0 Å². The van der Waals surface area contributed by atoms with Crippen LogP contribution in [0.3, 0.4) is 0 Å². The van der Waals surface area contributed by atoms with Gasteiger partial charge < -0.3 is 15.0 Å². The van der Waals surface area contributed by atoms with Crippen molar-refractivity contribution in [1.29, 1.82) is 0 Å². The zero-order valence-corrected chi connectivity index (χ0v) is 11.6. The zero-order valence-electron chi connectivity index (χ0n) is 10.9. The fourth-order valence-corrected chi connectivity index (χ4v) is 3.57. The highest BCUT2D eigenvalue weighted by atomic mass is 35.5. The van der Waals surface area contributed by atoms with E-state index in [4.69, 9.17) is 16.3 Å². The minimum absolute atomic E-state index is 0.124. The smallest absolute Gasteiger partial charge is 0.269 e. The van der Waals surface area contributed by atoms with Crippen LogP contribution in [0, 0.1) is 5.92 Å². The number of rotatable bonds is 2. The Bertz CT molecular complexity index is 682. The summed E-state index contributed by atoms with van der Waals surface area (Å²) < 4.78 is 5.56. The second-order valence-corrected chi connectivity index (χ2v) is 5.91. The Hall–Kier alpha value is -1.52. The number of ether oxygens (including phenoxy) is 1. The molecular weight excluding hydrogens is 276 g/mol. The third-order valence-corrected chi connectivity index (χ3v) is 4.84. The van der Waals surface area contributed by atoms with Crippen LogP contribution in [0.15, 0.2) is 24.3 Å². The van der Waals surface area contributed by atoms with Crippen molar-refractivity contribution in [2.45, 2.75) is 25.0 Å². The minimum atomic E-state index is -0.124. The molecule has 2 aliphatic rings. The second kappa shape index (κ2) is 4.50. The number of fused-ring (bicyclic) bond motifs is 2. The van der Waals surface area contributed by atoms with E-state index >= 15 is 0 Å². The number of nitrogens with one attached hydrogen (secondary N) is 2. The molecular formula is C15H15ClN2O2. The number of H-pyrrole nitrogens is 1. The van der Waals surface area contributed by atoms with Gasteiger partial charge in [-0.05, 0) is 18.9 Å². The lowest BCUT2D eigenvalue weighted by Crippen LogP contribution is -2.53. The highest BCUT2D eigenvalue weighted by Gasteiger charge is 2.46. The van der Waals surface area contributed by atoms with E-state index < -0.39 is 0 Å². The average Bonchev–Trinajstić information content (AvgIpc) is 2.98. The van der Waals surface area contributed by atoms with E-state index in [9.17, 15) is 4.79 Å². The predicted molar refractivity (Wildman–Crippen MR) is 77.0 cm³/mol. The molecule has 0 radical (unpaired) electrons. The van der Waals surface area contributed by atoms with Crippen LogP contribution in [0.5, 0.6) is 0 Å². The fraction of sp³-hybridized carbons (Fsp3) is 0.400. The highest BCUT2D eigenvalue weighted by molar-refractivity contribution is 6.38. The van der Waals surface area contributed by atoms with Crippen LogP contribution in [-0.2, 0) is 4.74 Å². The maximum absolute atomic E-state index is 12.4. The summed E-state index contributed by atoms with van der Waals surface area (Å²) in [4.78, 5) is 15.5. The Morgan fingerprint density at radius 2 is 2.25 bits per heavy atom. The van der Waals surface area contributed by atoms with Crippen molar-refractivity contribution in [3.05, 3.63) is 35.0 Å². The van der Waals surface area contributed by atoms with Gasteiger partial charge in [0.25, 0.3) is 5.91 Å². The topological polar surface area (TPSA) is 54.1 Å². The molecule has 2 aromatic rings. The van der Waals surface area contributed by atoms with Crippen LogP contribution in [-0.4, -0.2) is 29.6 Å².